The molecule has 37 heavy (non-hydrogen) atoms. The number of ketones is 2. The quantitative estimate of drug-likeness (QED) is 0.247. The Morgan fingerprint density at radius 3 is 1.97 bits per heavy atom. The summed E-state index contributed by atoms with van der Waals surface area (Å²) in [7, 11) is -4.30. The molecule has 0 saturated carbocycles. The van der Waals surface area contributed by atoms with Gasteiger partial charge in [0.1, 0.15) is 10.5 Å². The number of phenols is 1. The smallest absolute Gasteiger partial charge is 0.191 e. The summed E-state index contributed by atoms with van der Waals surface area (Å²) in [6.45, 7) is 3.12. The summed E-state index contributed by atoms with van der Waals surface area (Å²) in [6, 6.07) is 28.5. The van der Waals surface area contributed by atoms with Crippen LogP contribution in [0.4, 0.5) is 0 Å². The molecule has 4 aromatic carbocycles. The van der Waals surface area contributed by atoms with E-state index < -0.39 is 32.6 Å². The van der Waals surface area contributed by atoms with Gasteiger partial charge in [-0.05, 0) is 62.4 Å². The summed E-state index contributed by atoms with van der Waals surface area (Å²) < 4.78 is 25.7. The molecule has 0 spiro atoms. The predicted molar refractivity (Wildman–Crippen MR) is 145 cm³/mol. The molecule has 0 aliphatic rings. The van der Waals surface area contributed by atoms with E-state index in [1.54, 1.807) is 48.5 Å². The van der Waals surface area contributed by atoms with Gasteiger partial charge in [-0.3, -0.25) is 9.59 Å². The summed E-state index contributed by atoms with van der Waals surface area (Å²) in [5.74, 6) is -1.59. The number of aromatic hydroxyl groups is 1. The summed E-state index contributed by atoms with van der Waals surface area (Å²) in [5, 5.41) is 10.2. The molecule has 0 heterocycles. The minimum atomic E-state index is -4.30. The first-order valence-electron chi connectivity index (χ1n) is 11.6. The van der Waals surface area contributed by atoms with Gasteiger partial charge < -0.3 is 5.11 Å². The minimum Gasteiger partial charge on any atom is -0.507 e. The number of aryl methyl sites for hydroxylation is 1. The zero-order valence-corrected chi connectivity index (χ0v) is 22.1. The number of phenolic OH excluding ortho intramolecular Hbond substituents is 1. The summed E-state index contributed by atoms with van der Waals surface area (Å²) in [6.07, 6.45) is -0.625. The van der Waals surface area contributed by atoms with Crippen LogP contribution in [-0.2, 0) is 9.84 Å². The lowest BCUT2D eigenvalue weighted by Gasteiger charge is -2.28. The largest absolute Gasteiger partial charge is 0.507 e. The Morgan fingerprint density at radius 2 is 1.35 bits per heavy atom. The van der Waals surface area contributed by atoms with Crippen molar-refractivity contribution in [2.75, 3.05) is 0 Å². The van der Waals surface area contributed by atoms with Crippen LogP contribution in [0, 0.1) is 6.92 Å². The fourth-order valence-electron chi connectivity index (χ4n) is 3.99. The van der Waals surface area contributed by atoms with Crippen molar-refractivity contribution in [1.82, 2.24) is 0 Å². The average Bonchev–Trinajstić information content (AvgIpc) is 2.89. The van der Waals surface area contributed by atoms with Crippen LogP contribution in [-0.4, -0.2) is 29.8 Å². The molecule has 4 rings (SSSR count). The molecule has 1 atom stereocenters. The number of benzene rings is 4. The molecule has 4 aromatic rings. The maximum absolute atomic E-state index is 13.9. The molecule has 5 nitrogen and oxygen atoms in total. The first-order chi connectivity index (χ1) is 17.6. The lowest BCUT2D eigenvalue weighted by molar-refractivity contribution is 0.0878. The van der Waals surface area contributed by atoms with Crippen molar-refractivity contribution in [3.63, 3.8) is 0 Å². The first kappa shape index (κ1) is 26.4. The van der Waals surface area contributed by atoms with Gasteiger partial charge >= 0.3 is 0 Å². The highest BCUT2D eigenvalue weighted by atomic mass is 32.2. The highest BCUT2D eigenvalue weighted by molar-refractivity contribution is 7.99. The van der Waals surface area contributed by atoms with Crippen molar-refractivity contribution in [1.29, 1.82) is 0 Å². The van der Waals surface area contributed by atoms with Crippen molar-refractivity contribution >= 4 is 33.2 Å². The molecule has 0 bridgehead atoms. The van der Waals surface area contributed by atoms with Gasteiger partial charge in [0.15, 0.2) is 21.4 Å². The number of carbonyl (C=O) groups excluding carboxylic acids is 2. The van der Waals surface area contributed by atoms with Gasteiger partial charge in [-0.25, -0.2) is 8.42 Å². The summed E-state index contributed by atoms with van der Waals surface area (Å²) in [4.78, 5) is 29.0. The van der Waals surface area contributed by atoms with Crippen LogP contribution in [0.5, 0.6) is 5.75 Å². The van der Waals surface area contributed by atoms with E-state index in [-0.39, 0.29) is 21.8 Å². The van der Waals surface area contributed by atoms with E-state index in [9.17, 15) is 23.1 Å². The molecule has 0 aromatic heterocycles. The molecule has 0 radical (unpaired) electrons. The van der Waals surface area contributed by atoms with E-state index in [1.165, 1.54) is 43.0 Å². The molecule has 0 amide bonds. The SMILES string of the molecule is Cc1ccc(S(=O)(=O)C(C)(CC(=O)c2ccccc2O)C(=O)c2ccc(Sc3ccccc3)cc2)cc1. The zero-order valence-electron chi connectivity index (χ0n) is 20.4. The standard InChI is InChI=1S/C30H26O5S2/c1-21-12-18-25(19-13-21)37(34,35)30(2,20-28(32)26-10-6-7-11-27(26)31)29(33)22-14-16-24(17-15-22)36-23-8-4-3-5-9-23/h3-19,31H,20H2,1-2H3. The number of Topliss-reactive ketones (excluding diaryl/α,β-unsaturated/α-hetero) is 2. The van der Waals surface area contributed by atoms with Crippen LogP contribution < -0.4 is 0 Å². The number of rotatable bonds is 9. The van der Waals surface area contributed by atoms with Crippen molar-refractivity contribution in [2.45, 2.75) is 39.7 Å². The Bertz CT molecular complexity index is 1530. The Morgan fingerprint density at radius 1 is 0.784 bits per heavy atom. The second-order valence-electron chi connectivity index (χ2n) is 8.93. The highest BCUT2D eigenvalue weighted by Gasteiger charge is 2.49. The molecule has 0 fully saturated rings. The van der Waals surface area contributed by atoms with E-state index in [2.05, 4.69) is 0 Å². The Labute approximate surface area is 221 Å². The van der Waals surface area contributed by atoms with Gasteiger partial charge in [0.25, 0.3) is 0 Å². The van der Waals surface area contributed by atoms with Crippen molar-refractivity contribution in [2.24, 2.45) is 0 Å². The molecule has 188 valence electrons. The average molecular weight is 531 g/mol. The summed E-state index contributed by atoms with van der Waals surface area (Å²) in [5.41, 5.74) is 1.01. The topological polar surface area (TPSA) is 88.5 Å². The second-order valence-corrected chi connectivity index (χ2v) is 12.5. The molecule has 7 heteroatoms. The highest BCUT2D eigenvalue weighted by Crippen LogP contribution is 2.36. The third kappa shape index (κ3) is 5.53. The second kappa shape index (κ2) is 10.7. The van der Waals surface area contributed by atoms with Crippen LogP contribution in [0.1, 0.15) is 39.6 Å². The number of sulfone groups is 1. The molecule has 1 N–H and O–H groups in total. The van der Waals surface area contributed by atoms with E-state index in [1.807, 2.05) is 37.3 Å². The van der Waals surface area contributed by atoms with Crippen molar-refractivity contribution in [3.05, 3.63) is 120 Å². The number of para-hydroxylation sites is 1. The van der Waals surface area contributed by atoms with Crippen LogP contribution >= 0.6 is 11.8 Å². The molecule has 0 aliphatic carbocycles. The first-order valence-corrected chi connectivity index (χ1v) is 13.9. The minimum absolute atomic E-state index is 0.0322. The molecular formula is C30H26O5S2. The molecule has 1 unspecified atom stereocenters. The van der Waals surface area contributed by atoms with Crippen LogP contribution in [0.3, 0.4) is 0 Å². The molecule has 0 saturated heterocycles. The Kier molecular flexibility index (Phi) is 7.66. The fraction of sp³-hybridized carbons (Fsp3) is 0.133. The summed E-state index contributed by atoms with van der Waals surface area (Å²) >= 11 is 1.52. The zero-order chi connectivity index (χ0) is 26.6. The van der Waals surface area contributed by atoms with E-state index in [0.717, 1.165) is 15.4 Å². The normalized spacial score (nSPS) is 13.0. The van der Waals surface area contributed by atoms with Crippen LogP contribution in [0.2, 0.25) is 0 Å². The Hall–Kier alpha value is -3.68. The van der Waals surface area contributed by atoms with Crippen LogP contribution in [0.25, 0.3) is 0 Å². The lowest BCUT2D eigenvalue weighted by atomic mass is 9.91. The number of hydrogen-bond donors (Lipinski definition) is 1. The molecule has 0 aliphatic heterocycles. The van der Waals surface area contributed by atoms with E-state index >= 15 is 0 Å². The van der Waals surface area contributed by atoms with Gasteiger partial charge in [0, 0.05) is 21.8 Å². The van der Waals surface area contributed by atoms with E-state index in [0.29, 0.717) is 0 Å². The van der Waals surface area contributed by atoms with E-state index in [4.69, 9.17) is 0 Å². The van der Waals surface area contributed by atoms with Crippen molar-refractivity contribution in [3.8, 4) is 5.75 Å². The van der Waals surface area contributed by atoms with Gasteiger partial charge in [-0.1, -0.05) is 71.9 Å². The molecular weight excluding hydrogens is 504 g/mol. The van der Waals surface area contributed by atoms with Crippen molar-refractivity contribution < 1.29 is 23.1 Å². The number of hydrogen-bond acceptors (Lipinski definition) is 6. The third-order valence-electron chi connectivity index (χ3n) is 6.20. The monoisotopic (exact) mass is 530 g/mol. The lowest BCUT2D eigenvalue weighted by Crippen LogP contribution is -2.45. The van der Waals surface area contributed by atoms with Gasteiger partial charge in [0.05, 0.1) is 10.5 Å². The fourth-order valence-corrected chi connectivity index (χ4v) is 6.53. The van der Waals surface area contributed by atoms with Crippen LogP contribution in [0.15, 0.2) is 118 Å². The Balaban J connectivity index is 1.73. The van der Waals surface area contributed by atoms with Gasteiger partial charge in [-0.15, -0.1) is 0 Å². The maximum atomic E-state index is 13.9. The third-order valence-corrected chi connectivity index (χ3v) is 9.63. The maximum Gasteiger partial charge on any atom is 0.191 e. The number of carbonyl (C=O) groups is 2. The van der Waals surface area contributed by atoms with Gasteiger partial charge in [-0.2, -0.15) is 0 Å². The predicted octanol–water partition coefficient (Wildman–Crippen LogP) is 6.54. The van der Waals surface area contributed by atoms with Gasteiger partial charge in [0.2, 0.25) is 0 Å².